The molecule has 0 saturated heterocycles. The number of allylic oxidation sites excluding steroid dienone is 3. The summed E-state index contributed by atoms with van der Waals surface area (Å²) in [5, 5.41) is 0.323. The van der Waals surface area contributed by atoms with Gasteiger partial charge in [-0.25, -0.2) is 23.6 Å². The van der Waals surface area contributed by atoms with Crippen molar-refractivity contribution in [2.75, 3.05) is 13.4 Å². The number of nitrogens with one attached hydrogen (secondary N) is 2. The van der Waals surface area contributed by atoms with Crippen LogP contribution in [0.4, 0.5) is 0 Å². The van der Waals surface area contributed by atoms with E-state index in [1.165, 1.54) is 13.2 Å². The van der Waals surface area contributed by atoms with E-state index in [0.717, 1.165) is 19.1 Å². The molecule has 2 heterocycles. The van der Waals surface area contributed by atoms with Crippen molar-refractivity contribution < 1.29 is 27.6 Å². The molecule has 1 aromatic heterocycles. The van der Waals surface area contributed by atoms with Crippen LogP contribution in [0.2, 0.25) is 0 Å². The van der Waals surface area contributed by atoms with Crippen LogP contribution in [0.5, 0.6) is 5.88 Å². The number of pyridine rings is 1. The minimum atomic E-state index is -3.56. The number of fused-ring (bicyclic) bond motifs is 1. The van der Waals surface area contributed by atoms with Gasteiger partial charge in [0, 0.05) is 41.0 Å². The number of carbonyl (C=O) groups excluding carboxylic acids is 2. The maximum Gasteiger partial charge on any atom is 0.254 e. The number of terminal acetylenes is 1. The predicted molar refractivity (Wildman–Crippen MR) is 163 cm³/mol. The van der Waals surface area contributed by atoms with Crippen molar-refractivity contribution in [2.24, 2.45) is 0 Å². The summed E-state index contributed by atoms with van der Waals surface area (Å²) in [5.41, 5.74) is 4.23. The van der Waals surface area contributed by atoms with Crippen molar-refractivity contribution in [3.8, 4) is 18.2 Å². The molecule has 1 fully saturated rings. The van der Waals surface area contributed by atoms with Crippen LogP contribution in [0.1, 0.15) is 59.5 Å². The first kappa shape index (κ1) is 32.2. The highest BCUT2D eigenvalue weighted by molar-refractivity contribution is 7.88. The van der Waals surface area contributed by atoms with Crippen molar-refractivity contribution in [1.82, 2.24) is 20.1 Å². The minimum absolute atomic E-state index is 0.0553. The van der Waals surface area contributed by atoms with Gasteiger partial charge in [0.15, 0.2) is 0 Å². The maximum atomic E-state index is 14.1. The highest BCUT2D eigenvalue weighted by Crippen LogP contribution is 2.39. The Hall–Kier alpha value is -3.69. The van der Waals surface area contributed by atoms with Crippen molar-refractivity contribution in [2.45, 2.75) is 62.8 Å². The van der Waals surface area contributed by atoms with E-state index in [-0.39, 0.29) is 18.9 Å². The molecule has 2 aromatic rings. The van der Waals surface area contributed by atoms with Crippen LogP contribution >= 0.6 is 11.6 Å². The average Bonchev–Trinajstić information content (AvgIpc) is 2.98. The zero-order valence-electron chi connectivity index (χ0n) is 24.0. The van der Waals surface area contributed by atoms with Crippen molar-refractivity contribution in [3.63, 3.8) is 0 Å². The third kappa shape index (κ3) is 8.24. The first-order chi connectivity index (χ1) is 20.6. The lowest BCUT2D eigenvalue weighted by atomic mass is 9.78. The number of methoxy groups -OCH3 is 1. The van der Waals surface area contributed by atoms with Crippen LogP contribution in [0.25, 0.3) is 0 Å². The molecular weight excluding hydrogens is 592 g/mol. The zero-order chi connectivity index (χ0) is 31.0. The Morgan fingerprint density at radius 1 is 1.23 bits per heavy atom. The van der Waals surface area contributed by atoms with Gasteiger partial charge >= 0.3 is 0 Å². The number of sulfonamides is 1. The summed E-state index contributed by atoms with van der Waals surface area (Å²) >= 11 is 6.20. The second kappa shape index (κ2) is 14.7. The minimum Gasteiger partial charge on any atom is -0.481 e. The van der Waals surface area contributed by atoms with E-state index in [1.54, 1.807) is 59.6 Å². The van der Waals surface area contributed by atoms with Crippen LogP contribution in [0.3, 0.4) is 0 Å². The summed E-state index contributed by atoms with van der Waals surface area (Å²) in [4.78, 5) is 39.5. The van der Waals surface area contributed by atoms with E-state index in [9.17, 15) is 18.0 Å². The van der Waals surface area contributed by atoms with Gasteiger partial charge in [-0.15, -0.1) is 6.42 Å². The van der Waals surface area contributed by atoms with Crippen LogP contribution in [0, 0.1) is 12.3 Å². The second-order valence-corrected chi connectivity index (χ2v) is 12.7. The van der Waals surface area contributed by atoms with Gasteiger partial charge in [0.2, 0.25) is 15.9 Å². The van der Waals surface area contributed by atoms with Gasteiger partial charge in [0.25, 0.3) is 11.8 Å². The number of benzene rings is 1. The topological polar surface area (TPSA) is 127 Å². The molecule has 12 heteroatoms. The number of carbonyl (C=O) groups is 2. The molecule has 0 unspecified atom stereocenters. The fraction of sp³-hybridized carbons (Fsp3) is 0.387. The van der Waals surface area contributed by atoms with E-state index in [1.807, 2.05) is 0 Å². The van der Waals surface area contributed by atoms with Crippen molar-refractivity contribution >= 4 is 33.4 Å². The smallest absolute Gasteiger partial charge is 0.254 e. The summed E-state index contributed by atoms with van der Waals surface area (Å²) in [6.07, 6.45) is 15.8. The van der Waals surface area contributed by atoms with Gasteiger partial charge in [-0.3, -0.25) is 14.4 Å². The predicted octanol–water partition coefficient (Wildman–Crippen LogP) is 3.81. The summed E-state index contributed by atoms with van der Waals surface area (Å²) in [6.45, 7) is 0.0553. The molecule has 10 nitrogen and oxygen atoms in total. The summed E-state index contributed by atoms with van der Waals surface area (Å²) in [6, 6.07) is 8.79. The van der Waals surface area contributed by atoms with Crippen LogP contribution in [0.15, 0.2) is 65.9 Å². The van der Waals surface area contributed by atoms with Crippen LogP contribution in [-0.2, 0) is 26.3 Å². The first-order valence-electron chi connectivity index (χ1n) is 13.9. The molecule has 1 aromatic carbocycles. The van der Waals surface area contributed by atoms with Gasteiger partial charge in [-0.1, -0.05) is 54.6 Å². The molecule has 1 saturated carbocycles. The maximum absolute atomic E-state index is 14.1. The first-order valence-corrected chi connectivity index (χ1v) is 16.2. The fourth-order valence-electron chi connectivity index (χ4n) is 5.76. The molecular formula is C31H35ClN4O6S. The Kier molecular flexibility index (Phi) is 11.0. The van der Waals surface area contributed by atoms with E-state index in [2.05, 4.69) is 21.1 Å². The monoisotopic (exact) mass is 626 g/mol. The summed E-state index contributed by atoms with van der Waals surface area (Å²) in [5.74, 6) is 1.28. The van der Waals surface area contributed by atoms with E-state index in [4.69, 9.17) is 27.6 Å². The highest BCUT2D eigenvalue weighted by atomic mass is 35.5. The van der Waals surface area contributed by atoms with E-state index < -0.39 is 40.0 Å². The van der Waals surface area contributed by atoms with Crippen LogP contribution < -0.4 is 14.9 Å². The Labute approximate surface area is 257 Å². The number of hydrogen-bond donors (Lipinski definition) is 2. The molecule has 4 atom stereocenters. The molecule has 1 aliphatic carbocycles. The summed E-state index contributed by atoms with van der Waals surface area (Å²) < 4.78 is 32.4. The Morgan fingerprint density at radius 3 is 2.70 bits per heavy atom. The number of halogens is 1. The number of hydroxylamine groups is 1. The lowest BCUT2D eigenvalue weighted by Gasteiger charge is -2.48. The number of rotatable bonds is 11. The fourth-order valence-corrected chi connectivity index (χ4v) is 6.74. The van der Waals surface area contributed by atoms with E-state index in [0.29, 0.717) is 40.4 Å². The number of hydrogen-bond acceptors (Lipinski definition) is 7. The third-order valence-electron chi connectivity index (χ3n) is 7.53. The molecule has 2 N–H and O–H groups in total. The third-order valence-corrected chi connectivity index (χ3v) is 8.50. The Bertz CT molecular complexity index is 1520. The zero-order valence-corrected chi connectivity index (χ0v) is 25.6. The molecule has 2 amide bonds. The quantitative estimate of drug-likeness (QED) is 0.221. The molecule has 4 rings (SSSR count). The van der Waals surface area contributed by atoms with Crippen molar-refractivity contribution in [3.05, 3.63) is 82.5 Å². The standard InChI is InChI=1S/C31H35ClN4O6S/c1-4-10-22(32)11-9-16-27-29(30(37)34-42-20-21-17-18-28(41-2)33-19-21)23-12-5-6-13-24(23)31(38)36(27)26-15-8-7-14-25(26)35-43(3,39)40/h1,5-6,9-13,17-19,25-27,29,35H,7-8,14-16,20H2,2-3H3,(H,34,37)/b11-9-,22-10+/t25-,26-,27-,29+/m0/s1. The molecule has 1 aliphatic heterocycles. The lowest BCUT2D eigenvalue weighted by molar-refractivity contribution is -0.138. The van der Waals surface area contributed by atoms with Gasteiger partial charge in [0.05, 0.1) is 25.3 Å². The van der Waals surface area contributed by atoms with Crippen LogP contribution in [-0.4, -0.2) is 61.6 Å². The van der Waals surface area contributed by atoms with Crippen molar-refractivity contribution in [1.29, 1.82) is 0 Å². The molecule has 43 heavy (non-hydrogen) atoms. The van der Waals surface area contributed by atoms with Gasteiger partial charge in [-0.2, -0.15) is 0 Å². The van der Waals surface area contributed by atoms with Gasteiger partial charge in [0.1, 0.15) is 6.61 Å². The number of nitrogens with zero attached hydrogens (tertiary/aromatic N) is 2. The normalized spacial score (nSPS) is 22.6. The van der Waals surface area contributed by atoms with Gasteiger partial charge < -0.3 is 9.64 Å². The Balaban J connectivity index is 1.69. The molecule has 2 aliphatic rings. The lowest BCUT2D eigenvalue weighted by Crippen LogP contribution is -2.62. The SMILES string of the molecule is C#C/C=C(Cl)\C=C/C[C@H]1[C@H](C(=O)NOCc2ccc(OC)nc2)c2ccccc2C(=O)N1[C@H]1CCCC[C@@H]1NS(C)(=O)=O. The van der Waals surface area contributed by atoms with E-state index >= 15 is 0 Å². The molecule has 0 bridgehead atoms. The summed E-state index contributed by atoms with van der Waals surface area (Å²) in [7, 11) is -2.04. The number of aromatic nitrogens is 1. The molecule has 228 valence electrons. The number of ether oxygens (including phenoxy) is 1. The molecule has 0 spiro atoms. The Morgan fingerprint density at radius 2 is 2.00 bits per heavy atom. The second-order valence-electron chi connectivity index (χ2n) is 10.5. The molecule has 0 radical (unpaired) electrons. The highest BCUT2D eigenvalue weighted by Gasteiger charge is 2.47. The average molecular weight is 627 g/mol. The largest absolute Gasteiger partial charge is 0.481 e. The van der Waals surface area contributed by atoms with Gasteiger partial charge in [-0.05, 0) is 48.6 Å². The number of amides is 2.